The molecule has 1 rings (SSSR count). The highest BCUT2D eigenvalue weighted by Crippen LogP contribution is 2.47. The number of hydrogen-bond acceptors (Lipinski definition) is 11. The summed E-state index contributed by atoms with van der Waals surface area (Å²) in [4.78, 5) is 23.3. The highest BCUT2D eigenvalue weighted by Gasteiger charge is 2.51. The number of carbonyl (C=O) groups excluding carboxylic acids is 1. The summed E-state index contributed by atoms with van der Waals surface area (Å²) in [6.45, 7) is 3.84. The van der Waals surface area contributed by atoms with Crippen LogP contribution in [0.2, 0.25) is 0 Å². The first-order valence-electron chi connectivity index (χ1n) is 27.0. The first-order chi connectivity index (χ1) is 36.0. The molecule has 1 saturated carbocycles. The minimum Gasteiger partial charge on any atom is -0.457 e. The summed E-state index contributed by atoms with van der Waals surface area (Å²) in [7, 11) is -5.07. The molecule has 0 aromatic rings. The molecule has 0 spiro atoms. The van der Waals surface area contributed by atoms with Gasteiger partial charge < -0.3 is 39.9 Å². The molecule has 74 heavy (non-hydrogen) atoms. The van der Waals surface area contributed by atoms with Crippen LogP contribution in [0.1, 0.15) is 142 Å². The van der Waals surface area contributed by atoms with Crippen molar-refractivity contribution in [3.05, 3.63) is 170 Å². The predicted octanol–water partition coefficient (Wildman–Crippen LogP) is 12.9. The molecular weight excluding hydrogens is 956 g/mol. The zero-order valence-corrected chi connectivity index (χ0v) is 45.4. The summed E-state index contributed by atoms with van der Waals surface area (Å²) < 4.78 is 34.2. The Kier molecular flexibility index (Phi) is 44.2. The normalized spacial score (nSPS) is 21.8. The molecule has 0 aromatic heterocycles. The molecule has 6 unspecified atom stereocenters. The molecule has 0 saturated heterocycles. The van der Waals surface area contributed by atoms with Crippen LogP contribution in [0.25, 0.3) is 0 Å². The molecule has 6 atom stereocenters. The van der Waals surface area contributed by atoms with Crippen LogP contribution in [0.4, 0.5) is 0 Å². The molecule has 6 N–H and O–H groups in total. The van der Waals surface area contributed by atoms with Crippen molar-refractivity contribution in [1.82, 2.24) is 0 Å². The van der Waals surface area contributed by atoms with E-state index in [0.29, 0.717) is 25.9 Å². The van der Waals surface area contributed by atoms with Crippen molar-refractivity contribution in [2.45, 2.75) is 185 Å². The Morgan fingerprint density at radius 2 is 0.743 bits per heavy atom. The topological polar surface area (TPSA) is 192 Å². The van der Waals surface area contributed by atoms with Gasteiger partial charge in [-0.15, -0.1) is 0 Å². The third-order valence-corrected chi connectivity index (χ3v) is 12.1. The van der Waals surface area contributed by atoms with E-state index >= 15 is 0 Å². The minimum atomic E-state index is -5.07. The van der Waals surface area contributed by atoms with Crippen molar-refractivity contribution in [1.29, 1.82) is 0 Å². The van der Waals surface area contributed by atoms with Crippen LogP contribution >= 0.6 is 7.82 Å². The molecule has 1 aliphatic rings. The molecule has 12 nitrogen and oxygen atoms in total. The van der Waals surface area contributed by atoms with Gasteiger partial charge in [-0.3, -0.25) is 13.8 Å². The molecule has 414 valence electrons. The first-order valence-corrected chi connectivity index (χ1v) is 28.5. The summed E-state index contributed by atoms with van der Waals surface area (Å²) in [6, 6.07) is 0. The Labute approximate surface area is 445 Å². The number of hydrogen-bond donors (Lipinski definition) is 6. The number of aliphatic hydroxyl groups excluding tert-OH is 5. The maximum Gasteiger partial charge on any atom is 0.472 e. The van der Waals surface area contributed by atoms with Crippen LogP contribution in [0, 0.1) is 0 Å². The molecule has 0 aliphatic heterocycles. The zero-order valence-electron chi connectivity index (χ0n) is 44.6. The molecule has 13 heteroatoms. The third-order valence-electron chi connectivity index (χ3n) is 11.1. The van der Waals surface area contributed by atoms with E-state index in [-0.39, 0.29) is 13.0 Å². The van der Waals surface area contributed by atoms with Crippen molar-refractivity contribution in [2.75, 3.05) is 19.8 Å². The van der Waals surface area contributed by atoms with Gasteiger partial charge in [0.15, 0.2) is 0 Å². The van der Waals surface area contributed by atoms with Gasteiger partial charge in [0.05, 0.1) is 13.2 Å². The van der Waals surface area contributed by atoms with Crippen LogP contribution in [0.3, 0.4) is 0 Å². The maximum atomic E-state index is 12.9. The highest BCUT2D eigenvalue weighted by molar-refractivity contribution is 7.47. The lowest BCUT2D eigenvalue weighted by atomic mass is 9.85. The van der Waals surface area contributed by atoms with Crippen molar-refractivity contribution < 1.29 is 58.3 Å². The minimum absolute atomic E-state index is 0.0809. The second-order valence-corrected chi connectivity index (χ2v) is 19.0. The van der Waals surface area contributed by atoms with Crippen LogP contribution in [0.15, 0.2) is 170 Å². The summed E-state index contributed by atoms with van der Waals surface area (Å²) in [5.41, 5.74) is 0. The SMILES string of the molecule is CC/C=C\C/C=C\C/C=C\C/C=C\C/C=C\C/C=C\C/C=C\CCCCOCC(COP(=O)(O)OC1C(O)C(O)C(O)C(O)C1O)OC(=O)CCC/C=C\C/C=C\C/C=C\C/C=C\C/C=C\C/C=C\C/C=C\CC. The maximum absolute atomic E-state index is 12.9. The molecule has 0 aromatic carbocycles. The van der Waals surface area contributed by atoms with Gasteiger partial charge in [-0.25, -0.2) is 4.57 Å². The lowest BCUT2D eigenvalue weighted by Crippen LogP contribution is -2.64. The molecule has 0 amide bonds. The summed E-state index contributed by atoms with van der Waals surface area (Å²) in [5, 5.41) is 50.4. The van der Waals surface area contributed by atoms with Gasteiger partial charge in [0.2, 0.25) is 0 Å². The van der Waals surface area contributed by atoms with E-state index in [0.717, 1.165) is 103 Å². The van der Waals surface area contributed by atoms with Crippen molar-refractivity contribution >= 4 is 13.8 Å². The standard InChI is InChI=1S/C61H93O12P/c1-3-5-7-9-11-13-15-17-19-21-23-25-27-29-31-33-35-37-39-41-43-45-47-49-51-70-52-54(53-71-74(68,69)73-61-59(66)57(64)56(63)58(65)60(61)67)72-55(62)50-48-46-44-42-40-38-36-34-32-30-28-26-24-22-20-18-16-14-12-10-8-6-4-2/h5-8,11-14,17-20,23-26,29-32,35-38,41-44,54,56-61,63-67H,3-4,9-10,15-16,21-22,27-28,33-34,39-40,45-53H2,1-2H3,(H,68,69)/b7-5-,8-6-,13-11-,14-12-,19-17-,20-18-,25-23-,26-24-,31-29-,32-30-,37-35-,38-36-,43-41-,44-42-. The lowest BCUT2D eigenvalue weighted by molar-refractivity contribution is -0.220. The van der Waals surface area contributed by atoms with Crippen molar-refractivity contribution in [3.8, 4) is 0 Å². The van der Waals surface area contributed by atoms with Gasteiger partial charge in [-0.2, -0.15) is 0 Å². The Morgan fingerprint density at radius 1 is 0.432 bits per heavy atom. The van der Waals surface area contributed by atoms with Crippen LogP contribution in [0.5, 0.6) is 0 Å². The van der Waals surface area contributed by atoms with E-state index in [4.69, 9.17) is 18.5 Å². The number of ether oxygens (including phenoxy) is 2. The monoisotopic (exact) mass is 1050 g/mol. The van der Waals surface area contributed by atoms with Gasteiger partial charge in [0.1, 0.15) is 42.7 Å². The fourth-order valence-corrected chi connectivity index (χ4v) is 7.88. The van der Waals surface area contributed by atoms with Gasteiger partial charge >= 0.3 is 13.8 Å². The Balaban J connectivity index is 2.44. The number of esters is 1. The second-order valence-electron chi connectivity index (χ2n) is 17.6. The predicted molar refractivity (Wildman–Crippen MR) is 303 cm³/mol. The van der Waals surface area contributed by atoms with Crippen molar-refractivity contribution in [3.63, 3.8) is 0 Å². The fraction of sp³-hybridized carbons (Fsp3) is 0.525. The largest absolute Gasteiger partial charge is 0.472 e. The molecular formula is C61H93O12P. The van der Waals surface area contributed by atoms with Gasteiger partial charge in [0, 0.05) is 13.0 Å². The number of phosphoric ester groups is 1. The zero-order chi connectivity index (χ0) is 54.0. The lowest BCUT2D eigenvalue weighted by Gasteiger charge is -2.41. The van der Waals surface area contributed by atoms with Gasteiger partial charge in [-0.1, -0.05) is 184 Å². The van der Waals surface area contributed by atoms with Crippen molar-refractivity contribution in [2.24, 2.45) is 0 Å². The van der Waals surface area contributed by atoms with E-state index in [1.54, 1.807) is 0 Å². The third kappa shape index (κ3) is 39.2. The van der Waals surface area contributed by atoms with Crippen LogP contribution < -0.4 is 0 Å². The fourth-order valence-electron chi connectivity index (χ4n) is 6.91. The molecule has 0 bridgehead atoms. The summed E-state index contributed by atoms with van der Waals surface area (Å²) >= 11 is 0. The average molecular weight is 1050 g/mol. The molecule has 0 heterocycles. The average Bonchev–Trinajstić information content (AvgIpc) is 3.39. The molecule has 1 aliphatic carbocycles. The molecule has 1 fully saturated rings. The van der Waals surface area contributed by atoms with Gasteiger partial charge in [0.25, 0.3) is 0 Å². The van der Waals surface area contributed by atoms with Gasteiger partial charge in [-0.05, 0) is 122 Å². The quantitative estimate of drug-likeness (QED) is 0.0147. The van der Waals surface area contributed by atoms with E-state index in [1.807, 2.05) is 12.2 Å². The van der Waals surface area contributed by atoms with Crippen LogP contribution in [-0.2, 0) is 27.9 Å². The number of allylic oxidation sites excluding steroid dienone is 28. The Bertz CT molecular complexity index is 1870. The number of unbranched alkanes of at least 4 members (excludes halogenated alkanes) is 3. The highest BCUT2D eigenvalue weighted by atomic mass is 31.2. The number of carbonyl (C=O) groups is 1. The number of phosphoric acid groups is 1. The van der Waals surface area contributed by atoms with E-state index in [1.165, 1.54) is 0 Å². The number of rotatable bonds is 43. The second kappa shape index (κ2) is 48.3. The summed E-state index contributed by atoms with van der Waals surface area (Å²) in [5.74, 6) is -0.559. The van der Waals surface area contributed by atoms with E-state index in [9.17, 15) is 39.8 Å². The first kappa shape index (κ1) is 67.7. The smallest absolute Gasteiger partial charge is 0.457 e. The Morgan fingerprint density at radius 3 is 1.09 bits per heavy atom. The summed E-state index contributed by atoms with van der Waals surface area (Å²) in [6.07, 6.45) is 64.2. The van der Waals surface area contributed by atoms with Crippen LogP contribution in [-0.4, -0.2) is 98.9 Å². The van der Waals surface area contributed by atoms with E-state index in [2.05, 4.69) is 172 Å². The number of aliphatic hydroxyl groups is 5. The molecule has 0 radical (unpaired) electrons. The Hall–Kier alpha value is -4.30. The van der Waals surface area contributed by atoms with E-state index < -0.39 is 63.1 Å².